The molecule has 2 aromatic rings. The minimum atomic E-state index is -3.62. The minimum Gasteiger partial charge on any atom is -0.398 e. The second-order valence-electron chi connectivity index (χ2n) is 5.02. The van der Waals surface area contributed by atoms with Crippen molar-refractivity contribution in [2.75, 3.05) is 10.0 Å². The molecule has 0 saturated carbocycles. The Morgan fingerprint density at radius 3 is 2.50 bits per heavy atom. The minimum absolute atomic E-state index is 0.1000. The van der Waals surface area contributed by atoms with Crippen LogP contribution >= 0.6 is 0 Å². The first kappa shape index (κ1) is 13.0. The van der Waals surface area contributed by atoms with Crippen LogP contribution in [0.4, 0.5) is 11.4 Å². The molecule has 1 aliphatic rings. The summed E-state index contributed by atoms with van der Waals surface area (Å²) in [6, 6.07) is 14.1. The molecule has 2 N–H and O–H groups in total. The van der Waals surface area contributed by atoms with Crippen LogP contribution in [-0.4, -0.2) is 14.5 Å². The molecule has 5 heteroatoms. The van der Waals surface area contributed by atoms with E-state index in [9.17, 15) is 8.42 Å². The van der Waals surface area contributed by atoms with Gasteiger partial charge in [-0.2, -0.15) is 0 Å². The van der Waals surface area contributed by atoms with Crippen molar-refractivity contribution < 1.29 is 8.42 Å². The standard InChI is InChI=1S/C15H16N2O2S/c1-11-10-12-6-2-4-8-14(12)17(11)20(18,19)15-9-5-3-7-13(15)16/h2-9,11H,10,16H2,1H3/t11-/m1/s1. The summed E-state index contributed by atoms with van der Waals surface area (Å²) in [4.78, 5) is 0.170. The highest BCUT2D eigenvalue weighted by Gasteiger charge is 2.36. The number of para-hydroxylation sites is 2. The molecule has 104 valence electrons. The van der Waals surface area contributed by atoms with Crippen LogP contribution in [0, 0.1) is 0 Å². The first-order valence-corrected chi connectivity index (χ1v) is 7.92. The van der Waals surface area contributed by atoms with Gasteiger partial charge >= 0.3 is 0 Å². The second-order valence-corrected chi connectivity index (χ2v) is 6.80. The Kier molecular flexibility index (Phi) is 2.94. The maximum atomic E-state index is 12.9. The van der Waals surface area contributed by atoms with Gasteiger partial charge in [-0.25, -0.2) is 8.42 Å². The average molecular weight is 288 g/mol. The van der Waals surface area contributed by atoms with Gasteiger partial charge in [0.15, 0.2) is 0 Å². The quantitative estimate of drug-likeness (QED) is 0.863. The summed E-state index contributed by atoms with van der Waals surface area (Å²) in [5, 5.41) is 0. The van der Waals surface area contributed by atoms with E-state index in [1.54, 1.807) is 24.3 Å². The largest absolute Gasteiger partial charge is 0.398 e. The maximum absolute atomic E-state index is 12.9. The summed E-state index contributed by atoms with van der Waals surface area (Å²) in [6.45, 7) is 1.91. The fraction of sp³-hybridized carbons (Fsp3) is 0.200. The van der Waals surface area contributed by atoms with Crippen molar-refractivity contribution in [2.45, 2.75) is 24.3 Å². The molecule has 20 heavy (non-hydrogen) atoms. The Bertz CT molecular complexity index is 756. The molecular formula is C15H16N2O2S. The molecule has 0 spiro atoms. The number of hydrogen-bond donors (Lipinski definition) is 1. The fourth-order valence-electron chi connectivity index (χ4n) is 2.72. The van der Waals surface area contributed by atoms with Crippen LogP contribution in [0.5, 0.6) is 0 Å². The van der Waals surface area contributed by atoms with Crippen molar-refractivity contribution in [1.82, 2.24) is 0 Å². The van der Waals surface area contributed by atoms with E-state index in [4.69, 9.17) is 5.73 Å². The van der Waals surface area contributed by atoms with Crippen molar-refractivity contribution >= 4 is 21.4 Å². The highest BCUT2D eigenvalue weighted by atomic mass is 32.2. The summed E-state index contributed by atoms with van der Waals surface area (Å²) in [6.07, 6.45) is 0.724. The van der Waals surface area contributed by atoms with Gasteiger partial charge < -0.3 is 5.73 Å². The van der Waals surface area contributed by atoms with Crippen LogP contribution in [0.25, 0.3) is 0 Å². The van der Waals surface area contributed by atoms with Crippen molar-refractivity contribution in [3.8, 4) is 0 Å². The van der Waals surface area contributed by atoms with Gasteiger partial charge in [0.2, 0.25) is 0 Å². The summed E-state index contributed by atoms with van der Waals surface area (Å²) < 4.78 is 27.2. The second kappa shape index (κ2) is 4.52. The van der Waals surface area contributed by atoms with E-state index in [-0.39, 0.29) is 16.6 Å². The van der Waals surface area contributed by atoms with Crippen molar-refractivity contribution in [2.24, 2.45) is 0 Å². The summed E-state index contributed by atoms with van der Waals surface area (Å²) in [5.41, 5.74) is 7.92. The van der Waals surface area contributed by atoms with E-state index < -0.39 is 10.0 Å². The zero-order valence-corrected chi connectivity index (χ0v) is 12.0. The van der Waals surface area contributed by atoms with Gasteiger partial charge in [0.1, 0.15) is 4.90 Å². The lowest BCUT2D eigenvalue weighted by molar-refractivity contribution is 0.584. The van der Waals surface area contributed by atoms with Gasteiger partial charge in [-0.3, -0.25) is 4.31 Å². The molecule has 0 aliphatic carbocycles. The van der Waals surface area contributed by atoms with Crippen molar-refractivity contribution in [3.63, 3.8) is 0 Å². The molecule has 0 aromatic heterocycles. The lowest BCUT2D eigenvalue weighted by atomic mass is 10.1. The molecule has 3 rings (SSSR count). The van der Waals surface area contributed by atoms with Crippen LogP contribution in [-0.2, 0) is 16.4 Å². The topological polar surface area (TPSA) is 63.4 Å². The Morgan fingerprint density at radius 2 is 1.75 bits per heavy atom. The number of nitrogen functional groups attached to an aromatic ring is 1. The fourth-order valence-corrected chi connectivity index (χ4v) is 4.54. The maximum Gasteiger partial charge on any atom is 0.266 e. The highest BCUT2D eigenvalue weighted by molar-refractivity contribution is 7.93. The highest BCUT2D eigenvalue weighted by Crippen LogP contribution is 2.37. The van der Waals surface area contributed by atoms with Crippen LogP contribution < -0.4 is 10.0 Å². The van der Waals surface area contributed by atoms with Gasteiger partial charge in [0.25, 0.3) is 10.0 Å². The zero-order chi connectivity index (χ0) is 14.3. The molecule has 1 heterocycles. The third-order valence-corrected chi connectivity index (χ3v) is 5.60. The molecule has 0 bridgehead atoms. The van der Waals surface area contributed by atoms with Crippen LogP contribution in [0.15, 0.2) is 53.4 Å². The predicted octanol–water partition coefficient (Wildman–Crippen LogP) is 2.41. The summed E-state index contributed by atoms with van der Waals surface area (Å²) >= 11 is 0. The Labute approximate surface area is 118 Å². The Hall–Kier alpha value is -2.01. The van der Waals surface area contributed by atoms with Gasteiger partial charge in [-0.05, 0) is 37.1 Å². The summed E-state index contributed by atoms with van der Waals surface area (Å²) in [7, 11) is -3.62. The molecular weight excluding hydrogens is 272 g/mol. The molecule has 2 aromatic carbocycles. The molecule has 1 aliphatic heterocycles. The number of nitrogens with zero attached hydrogens (tertiary/aromatic N) is 1. The number of rotatable bonds is 2. The van der Waals surface area contributed by atoms with E-state index >= 15 is 0 Å². The van der Waals surface area contributed by atoms with Crippen LogP contribution in [0.3, 0.4) is 0 Å². The normalized spacial score (nSPS) is 18.1. The van der Waals surface area contributed by atoms with Gasteiger partial charge in [-0.15, -0.1) is 0 Å². The third-order valence-electron chi connectivity index (χ3n) is 3.60. The molecule has 0 amide bonds. The van der Waals surface area contributed by atoms with E-state index in [1.165, 1.54) is 4.31 Å². The van der Waals surface area contributed by atoms with Crippen molar-refractivity contribution in [3.05, 3.63) is 54.1 Å². The molecule has 0 unspecified atom stereocenters. The van der Waals surface area contributed by atoms with Gasteiger partial charge in [0, 0.05) is 6.04 Å². The molecule has 1 atom stereocenters. The van der Waals surface area contributed by atoms with E-state index in [0.29, 0.717) is 0 Å². The van der Waals surface area contributed by atoms with Gasteiger partial charge in [-0.1, -0.05) is 30.3 Å². The zero-order valence-electron chi connectivity index (χ0n) is 11.2. The number of fused-ring (bicyclic) bond motifs is 1. The predicted molar refractivity (Wildman–Crippen MR) is 80.1 cm³/mol. The molecule has 0 saturated heterocycles. The Morgan fingerprint density at radius 1 is 1.10 bits per heavy atom. The van der Waals surface area contributed by atoms with Crippen LogP contribution in [0.1, 0.15) is 12.5 Å². The average Bonchev–Trinajstić information content (AvgIpc) is 2.75. The number of sulfonamides is 1. The number of anilines is 2. The smallest absolute Gasteiger partial charge is 0.266 e. The Balaban J connectivity index is 2.16. The SMILES string of the molecule is C[C@@H]1Cc2ccccc2N1S(=O)(=O)c1ccccc1N. The third kappa shape index (κ3) is 1.86. The molecule has 0 fully saturated rings. The molecule has 0 radical (unpaired) electrons. The van der Waals surface area contributed by atoms with Gasteiger partial charge in [0.05, 0.1) is 11.4 Å². The van der Waals surface area contributed by atoms with E-state index in [1.807, 2.05) is 31.2 Å². The van der Waals surface area contributed by atoms with Crippen LogP contribution in [0.2, 0.25) is 0 Å². The van der Waals surface area contributed by atoms with Crippen molar-refractivity contribution in [1.29, 1.82) is 0 Å². The van der Waals surface area contributed by atoms with E-state index in [0.717, 1.165) is 17.7 Å². The lowest BCUT2D eigenvalue weighted by Crippen LogP contribution is -2.36. The first-order valence-electron chi connectivity index (χ1n) is 6.48. The number of nitrogens with two attached hydrogens (primary N) is 1. The summed E-state index contributed by atoms with van der Waals surface area (Å²) in [5.74, 6) is 0. The number of benzene rings is 2. The lowest BCUT2D eigenvalue weighted by Gasteiger charge is -2.25. The molecule has 4 nitrogen and oxygen atoms in total. The first-order chi connectivity index (χ1) is 9.51. The number of hydrogen-bond acceptors (Lipinski definition) is 3. The van der Waals surface area contributed by atoms with E-state index in [2.05, 4.69) is 0 Å². The monoisotopic (exact) mass is 288 g/mol.